The number of hydrogen-bond donors (Lipinski definition) is 2. The molecule has 0 unspecified atom stereocenters. The lowest BCUT2D eigenvalue weighted by Crippen LogP contribution is -2.39. The van der Waals surface area contributed by atoms with E-state index in [1.807, 2.05) is 30.3 Å². The lowest BCUT2D eigenvalue weighted by molar-refractivity contribution is -0.118. The van der Waals surface area contributed by atoms with Crippen molar-refractivity contribution in [3.05, 3.63) is 96.5 Å². The summed E-state index contributed by atoms with van der Waals surface area (Å²) in [5.41, 5.74) is 6.32. The molecule has 0 radical (unpaired) electrons. The van der Waals surface area contributed by atoms with E-state index in [0.717, 1.165) is 15.8 Å². The summed E-state index contributed by atoms with van der Waals surface area (Å²) in [4.78, 5) is 54.0. The number of aromatic nitrogens is 2. The molecule has 4 rings (SSSR count). The Morgan fingerprint density at radius 3 is 2.56 bits per heavy atom. The first-order chi connectivity index (χ1) is 17.2. The minimum absolute atomic E-state index is 0.0829. The SMILES string of the molecule is COc1ccc2c(C)c(CCC(=O)N(C)c3c(N)n(Cc4ccccc4)c(=O)[nH]c3=O)c(=O)oc2c1. The van der Waals surface area contributed by atoms with Gasteiger partial charge in [0.2, 0.25) is 5.91 Å². The van der Waals surface area contributed by atoms with E-state index in [1.54, 1.807) is 25.1 Å². The maximum absolute atomic E-state index is 13.0. The maximum Gasteiger partial charge on any atom is 0.339 e. The van der Waals surface area contributed by atoms with Gasteiger partial charge in [-0.1, -0.05) is 30.3 Å². The zero-order valence-corrected chi connectivity index (χ0v) is 20.2. The predicted molar refractivity (Wildman–Crippen MR) is 137 cm³/mol. The first-order valence-corrected chi connectivity index (χ1v) is 11.2. The van der Waals surface area contributed by atoms with Crippen molar-refractivity contribution in [3.63, 3.8) is 0 Å². The number of anilines is 2. The summed E-state index contributed by atoms with van der Waals surface area (Å²) in [5, 5.41) is 0.736. The summed E-state index contributed by atoms with van der Waals surface area (Å²) in [7, 11) is 2.93. The van der Waals surface area contributed by atoms with Crippen molar-refractivity contribution in [2.24, 2.45) is 0 Å². The molecule has 0 spiro atoms. The average molecular weight is 491 g/mol. The van der Waals surface area contributed by atoms with E-state index in [9.17, 15) is 19.2 Å². The molecule has 3 N–H and O–H groups in total. The highest BCUT2D eigenvalue weighted by Gasteiger charge is 2.22. The fourth-order valence-electron chi connectivity index (χ4n) is 4.14. The molecule has 2 aromatic heterocycles. The molecule has 10 heteroatoms. The molecule has 0 fully saturated rings. The van der Waals surface area contributed by atoms with Crippen LogP contribution < -0.4 is 32.2 Å². The van der Waals surface area contributed by atoms with Crippen molar-refractivity contribution in [1.82, 2.24) is 9.55 Å². The molecule has 0 aliphatic heterocycles. The summed E-state index contributed by atoms with van der Waals surface area (Å²) < 4.78 is 11.8. The molecule has 4 aromatic rings. The van der Waals surface area contributed by atoms with Crippen LogP contribution in [0.4, 0.5) is 11.5 Å². The number of benzene rings is 2. The topological polar surface area (TPSA) is 141 Å². The summed E-state index contributed by atoms with van der Waals surface area (Å²) >= 11 is 0. The van der Waals surface area contributed by atoms with E-state index >= 15 is 0 Å². The van der Waals surface area contributed by atoms with Crippen LogP contribution in [-0.4, -0.2) is 29.6 Å². The van der Waals surface area contributed by atoms with Crippen molar-refractivity contribution >= 4 is 28.4 Å². The van der Waals surface area contributed by atoms with Crippen molar-refractivity contribution in [1.29, 1.82) is 0 Å². The van der Waals surface area contributed by atoms with Gasteiger partial charge < -0.3 is 19.8 Å². The molecule has 0 bridgehead atoms. The zero-order chi connectivity index (χ0) is 26.0. The normalized spacial score (nSPS) is 11.0. The van der Waals surface area contributed by atoms with E-state index in [1.165, 1.54) is 18.7 Å². The first kappa shape index (κ1) is 24.5. The van der Waals surface area contributed by atoms with Gasteiger partial charge >= 0.3 is 11.3 Å². The number of methoxy groups -OCH3 is 1. The van der Waals surface area contributed by atoms with E-state index in [-0.39, 0.29) is 30.9 Å². The lowest BCUT2D eigenvalue weighted by atomic mass is 10.0. The molecule has 0 aliphatic carbocycles. The van der Waals surface area contributed by atoms with Crippen molar-refractivity contribution < 1.29 is 13.9 Å². The molecule has 0 aliphatic rings. The molecular weight excluding hydrogens is 464 g/mol. The standard InChI is InChI=1S/C26H26N4O6/c1-15-18-10-9-17(35-3)13-20(18)36-25(33)19(15)11-12-21(31)29(2)22-23(27)30(26(34)28-24(22)32)14-16-7-5-4-6-8-16/h4-10,13H,11-12,14,27H2,1-3H3,(H,28,32,34). The highest BCUT2D eigenvalue weighted by Crippen LogP contribution is 2.25. The van der Waals surface area contributed by atoms with Gasteiger partial charge in [0.25, 0.3) is 5.56 Å². The molecule has 0 saturated carbocycles. The van der Waals surface area contributed by atoms with E-state index in [0.29, 0.717) is 22.5 Å². The number of fused-ring (bicyclic) bond motifs is 1. The number of nitrogen functional groups attached to an aromatic ring is 1. The predicted octanol–water partition coefficient (Wildman–Crippen LogP) is 2.19. The number of H-pyrrole nitrogens is 1. The molecule has 2 aromatic carbocycles. The summed E-state index contributed by atoms with van der Waals surface area (Å²) in [6.45, 7) is 1.91. The first-order valence-electron chi connectivity index (χ1n) is 11.2. The van der Waals surface area contributed by atoms with Crippen LogP contribution in [0.15, 0.2) is 67.3 Å². The van der Waals surface area contributed by atoms with Crippen LogP contribution in [0.2, 0.25) is 0 Å². The van der Waals surface area contributed by atoms with E-state index < -0.39 is 22.8 Å². The number of amides is 1. The Labute approximate surface area is 205 Å². The van der Waals surface area contributed by atoms with Crippen LogP contribution in [0, 0.1) is 6.92 Å². The summed E-state index contributed by atoms with van der Waals surface area (Å²) in [6.07, 6.45) is 0.0151. The molecule has 0 saturated heterocycles. The fraction of sp³-hybridized carbons (Fsp3) is 0.231. The van der Waals surface area contributed by atoms with Gasteiger partial charge in [0, 0.05) is 30.5 Å². The minimum Gasteiger partial charge on any atom is -0.497 e. The number of carbonyl (C=O) groups excluding carboxylic acids is 1. The van der Waals surface area contributed by atoms with Gasteiger partial charge in [0.1, 0.15) is 17.2 Å². The zero-order valence-electron chi connectivity index (χ0n) is 20.2. The Balaban J connectivity index is 1.60. The molecule has 36 heavy (non-hydrogen) atoms. The quantitative estimate of drug-likeness (QED) is 0.378. The van der Waals surface area contributed by atoms with Crippen LogP contribution in [0.5, 0.6) is 5.75 Å². The third-order valence-electron chi connectivity index (χ3n) is 6.19. The number of hydrogen-bond acceptors (Lipinski definition) is 7. The second kappa shape index (κ2) is 9.95. The molecular formula is C26H26N4O6. The Hall–Kier alpha value is -4.60. The third-order valence-corrected chi connectivity index (χ3v) is 6.19. The third kappa shape index (κ3) is 4.65. The van der Waals surface area contributed by atoms with Gasteiger partial charge in [0.15, 0.2) is 5.69 Å². The van der Waals surface area contributed by atoms with Gasteiger partial charge in [-0.3, -0.25) is 19.1 Å². The van der Waals surface area contributed by atoms with Crippen LogP contribution in [0.1, 0.15) is 23.1 Å². The highest BCUT2D eigenvalue weighted by atomic mass is 16.5. The van der Waals surface area contributed by atoms with Crippen LogP contribution >= 0.6 is 0 Å². The smallest absolute Gasteiger partial charge is 0.339 e. The highest BCUT2D eigenvalue weighted by molar-refractivity contribution is 5.95. The van der Waals surface area contributed by atoms with Gasteiger partial charge in [-0.15, -0.1) is 0 Å². The number of nitrogens with two attached hydrogens (primary N) is 1. The number of aryl methyl sites for hydroxylation is 1. The van der Waals surface area contributed by atoms with Gasteiger partial charge in [-0.25, -0.2) is 9.59 Å². The minimum atomic E-state index is -0.770. The summed E-state index contributed by atoms with van der Waals surface area (Å²) in [5.74, 6) is -0.0180. The van der Waals surface area contributed by atoms with Gasteiger partial charge in [0.05, 0.1) is 13.7 Å². The largest absolute Gasteiger partial charge is 0.497 e. The average Bonchev–Trinajstić information content (AvgIpc) is 2.86. The van der Waals surface area contributed by atoms with E-state index in [4.69, 9.17) is 14.9 Å². The Morgan fingerprint density at radius 1 is 1.14 bits per heavy atom. The number of carbonyl (C=O) groups is 1. The number of nitrogens with one attached hydrogen (secondary N) is 1. The van der Waals surface area contributed by atoms with Crippen LogP contribution in [0.25, 0.3) is 11.0 Å². The van der Waals surface area contributed by atoms with Crippen LogP contribution in [-0.2, 0) is 17.8 Å². The van der Waals surface area contributed by atoms with Crippen LogP contribution in [0.3, 0.4) is 0 Å². The Kier molecular flexibility index (Phi) is 6.77. The van der Waals surface area contributed by atoms with Crippen molar-refractivity contribution in [2.75, 3.05) is 24.8 Å². The molecule has 10 nitrogen and oxygen atoms in total. The molecule has 2 heterocycles. The van der Waals surface area contributed by atoms with Gasteiger partial charge in [-0.2, -0.15) is 0 Å². The lowest BCUT2D eigenvalue weighted by Gasteiger charge is -2.20. The second-order valence-corrected chi connectivity index (χ2v) is 8.37. The molecule has 186 valence electrons. The number of ether oxygens (including phenoxy) is 1. The number of aromatic amines is 1. The summed E-state index contributed by atoms with van der Waals surface area (Å²) in [6, 6.07) is 14.3. The number of nitrogens with zero attached hydrogens (tertiary/aromatic N) is 2. The fourth-order valence-corrected chi connectivity index (χ4v) is 4.14. The second-order valence-electron chi connectivity index (χ2n) is 8.37. The Bertz CT molecular complexity index is 1620. The maximum atomic E-state index is 13.0. The molecule has 1 amide bonds. The Morgan fingerprint density at radius 2 is 1.86 bits per heavy atom. The monoisotopic (exact) mass is 490 g/mol. The van der Waals surface area contributed by atoms with E-state index in [2.05, 4.69) is 4.98 Å². The van der Waals surface area contributed by atoms with Crippen molar-refractivity contribution in [2.45, 2.75) is 26.3 Å². The van der Waals surface area contributed by atoms with Gasteiger partial charge in [-0.05, 0) is 36.6 Å². The molecule has 0 atom stereocenters. The number of rotatable bonds is 7. The van der Waals surface area contributed by atoms with Crippen molar-refractivity contribution in [3.8, 4) is 5.75 Å².